The molecule has 1 saturated heterocycles. The second-order valence-corrected chi connectivity index (χ2v) is 9.61. The van der Waals surface area contributed by atoms with E-state index in [0.717, 1.165) is 23.6 Å². The maximum Gasteiger partial charge on any atom is 0.321 e. The smallest absolute Gasteiger partial charge is 0.321 e. The summed E-state index contributed by atoms with van der Waals surface area (Å²) < 4.78 is 18.7. The van der Waals surface area contributed by atoms with E-state index < -0.39 is 23.9 Å². The molecule has 1 heterocycles. The van der Waals surface area contributed by atoms with Crippen molar-refractivity contribution < 1.29 is 33.2 Å². The Hall–Kier alpha value is -1.98. The fourth-order valence-corrected chi connectivity index (χ4v) is 5.46. The van der Waals surface area contributed by atoms with E-state index in [1.165, 1.54) is 12.0 Å². The van der Waals surface area contributed by atoms with Crippen molar-refractivity contribution in [3.8, 4) is 5.75 Å². The van der Waals surface area contributed by atoms with Crippen LogP contribution in [0.1, 0.15) is 54.6 Å². The van der Waals surface area contributed by atoms with Gasteiger partial charge < -0.3 is 19.8 Å². The molecule has 1 aromatic carbocycles. The second kappa shape index (κ2) is 14.4. The summed E-state index contributed by atoms with van der Waals surface area (Å²) in [7, 11) is 5.42. The quantitative estimate of drug-likeness (QED) is 0.408. The molecule has 1 aliphatic heterocycles. The lowest BCUT2D eigenvalue weighted by Gasteiger charge is -2.31. The van der Waals surface area contributed by atoms with E-state index >= 15 is 0 Å². The molecule has 2 unspecified atom stereocenters. The molecule has 0 saturated carbocycles. The van der Waals surface area contributed by atoms with Gasteiger partial charge in [0.2, 0.25) is 0 Å². The molecule has 1 aliphatic rings. The molecule has 34 heavy (non-hydrogen) atoms. The zero-order valence-corrected chi connectivity index (χ0v) is 22.2. The number of carboxylic acids is 2. The number of nitrogens with zero attached hydrogens (tertiary/aromatic N) is 2. The average Bonchev–Trinajstić information content (AvgIpc) is 3.30. The summed E-state index contributed by atoms with van der Waals surface area (Å²) in [6.07, 6.45) is 1.41. The van der Waals surface area contributed by atoms with E-state index in [0.29, 0.717) is 29.1 Å². The SMILES string of the molecule is CC.COc1c(CC(CC(=O)O)C(C(=O)O)N2CCCC2)cc(SSF)c(C)c1C(=O)N(C)C. The molecule has 0 radical (unpaired) electrons. The summed E-state index contributed by atoms with van der Waals surface area (Å²) in [5, 5.41) is 19.4. The van der Waals surface area contributed by atoms with E-state index in [4.69, 9.17) is 4.74 Å². The molecule has 8 nitrogen and oxygen atoms in total. The average molecular weight is 519 g/mol. The third-order valence-electron chi connectivity index (χ3n) is 5.67. The molecule has 0 aromatic heterocycles. The van der Waals surface area contributed by atoms with Gasteiger partial charge in [0.05, 0.1) is 19.1 Å². The van der Waals surface area contributed by atoms with Gasteiger partial charge in [-0.25, -0.2) is 0 Å². The highest BCUT2D eigenvalue weighted by atomic mass is 33.1. The number of ether oxygens (including phenoxy) is 1. The van der Waals surface area contributed by atoms with Crippen LogP contribution in [-0.2, 0) is 16.0 Å². The molecular formula is C23H35FN2O6S2. The summed E-state index contributed by atoms with van der Waals surface area (Å²) in [5.74, 6) is -3.03. The van der Waals surface area contributed by atoms with Gasteiger partial charge >= 0.3 is 11.9 Å². The summed E-state index contributed by atoms with van der Waals surface area (Å²) in [4.78, 5) is 40.4. The lowest BCUT2D eigenvalue weighted by atomic mass is 9.86. The van der Waals surface area contributed by atoms with Gasteiger partial charge in [-0.15, -0.1) is 0 Å². The van der Waals surface area contributed by atoms with Crippen molar-refractivity contribution in [1.29, 1.82) is 0 Å². The Morgan fingerprint density at radius 3 is 2.24 bits per heavy atom. The molecule has 0 aliphatic carbocycles. The maximum absolute atomic E-state index is 13.1. The van der Waals surface area contributed by atoms with Crippen molar-refractivity contribution in [3.05, 3.63) is 22.8 Å². The lowest BCUT2D eigenvalue weighted by molar-refractivity contribution is -0.146. The highest BCUT2D eigenvalue weighted by Crippen LogP contribution is 2.41. The van der Waals surface area contributed by atoms with Crippen LogP contribution in [0.15, 0.2) is 11.0 Å². The first-order chi connectivity index (χ1) is 16.1. The Bertz CT molecular complexity index is 862. The standard InChI is InChI=1S/C21H29FN2O6S2.C2H6/c1-12-15(31-32-22)10-14(19(30-4)17(12)20(27)23(2)3)9-13(11-16(25)26)18(21(28)29)24-7-5-6-8-24;1-2/h10,13,18H,5-9,11H2,1-4H3,(H,25,26)(H,28,29);1-2H3. The van der Waals surface area contributed by atoms with Gasteiger partial charge in [0, 0.05) is 19.0 Å². The fourth-order valence-electron chi connectivity index (χ4n) is 4.25. The summed E-state index contributed by atoms with van der Waals surface area (Å²) in [6.45, 7) is 6.87. The Morgan fingerprint density at radius 2 is 1.79 bits per heavy atom. The maximum atomic E-state index is 13.1. The number of rotatable bonds is 11. The van der Waals surface area contributed by atoms with E-state index in [9.17, 15) is 28.5 Å². The van der Waals surface area contributed by atoms with Crippen LogP contribution >= 0.6 is 22.0 Å². The van der Waals surface area contributed by atoms with Crippen LogP contribution < -0.4 is 4.74 Å². The number of likely N-dealkylation sites (tertiary alicyclic amines) is 1. The number of carbonyl (C=O) groups is 3. The highest BCUT2D eigenvalue weighted by Gasteiger charge is 2.37. The van der Waals surface area contributed by atoms with E-state index in [-0.39, 0.29) is 41.2 Å². The van der Waals surface area contributed by atoms with Crippen LogP contribution in [-0.4, -0.2) is 78.2 Å². The number of halogens is 1. The van der Waals surface area contributed by atoms with Crippen molar-refractivity contribution >= 4 is 39.8 Å². The number of hydrogen-bond donors (Lipinski definition) is 2. The van der Waals surface area contributed by atoms with E-state index in [1.807, 2.05) is 13.8 Å². The van der Waals surface area contributed by atoms with Gasteiger partial charge in [0.15, 0.2) is 0 Å². The number of methoxy groups -OCH3 is 1. The molecule has 1 aromatic rings. The molecular weight excluding hydrogens is 483 g/mol. The largest absolute Gasteiger partial charge is 0.496 e. The van der Waals surface area contributed by atoms with Gasteiger partial charge in [-0.05, 0) is 73.2 Å². The summed E-state index contributed by atoms with van der Waals surface area (Å²) in [6, 6.07) is 0.676. The van der Waals surface area contributed by atoms with Crippen LogP contribution in [0, 0.1) is 12.8 Å². The minimum absolute atomic E-state index is 0.0355. The Morgan fingerprint density at radius 1 is 1.21 bits per heavy atom. The van der Waals surface area contributed by atoms with Crippen LogP contribution in [0.2, 0.25) is 0 Å². The Balaban J connectivity index is 0.00000281. The second-order valence-electron chi connectivity index (χ2n) is 8.00. The van der Waals surface area contributed by atoms with Crippen LogP contribution in [0.25, 0.3) is 0 Å². The summed E-state index contributed by atoms with van der Waals surface area (Å²) >= 11 is 0.0355. The number of hydrogen-bond acceptors (Lipinski definition) is 7. The minimum Gasteiger partial charge on any atom is -0.496 e. The van der Waals surface area contributed by atoms with Crippen LogP contribution in [0.4, 0.5) is 3.89 Å². The zero-order valence-electron chi connectivity index (χ0n) is 20.6. The number of carboxylic acid groups (broad SMARTS) is 2. The molecule has 192 valence electrons. The van der Waals surface area contributed by atoms with Gasteiger partial charge in [-0.2, -0.15) is 3.89 Å². The van der Waals surface area contributed by atoms with E-state index in [1.54, 1.807) is 32.0 Å². The molecule has 1 fully saturated rings. The van der Waals surface area contributed by atoms with Gasteiger partial charge in [0.25, 0.3) is 5.91 Å². The number of carbonyl (C=O) groups excluding carboxylic acids is 1. The van der Waals surface area contributed by atoms with Crippen LogP contribution in [0.3, 0.4) is 0 Å². The first-order valence-corrected chi connectivity index (χ1v) is 13.2. The first kappa shape index (κ1) is 30.1. The molecule has 11 heteroatoms. The van der Waals surface area contributed by atoms with Crippen molar-refractivity contribution in [2.24, 2.45) is 5.92 Å². The molecule has 1 amide bonds. The molecule has 0 spiro atoms. The van der Waals surface area contributed by atoms with Gasteiger partial charge in [0.1, 0.15) is 23.0 Å². The molecule has 2 rings (SSSR count). The Labute approximate surface area is 208 Å². The van der Waals surface area contributed by atoms with Crippen molar-refractivity contribution in [2.45, 2.75) is 57.4 Å². The fraction of sp³-hybridized carbons (Fsp3) is 0.609. The third kappa shape index (κ3) is 7.51. The van der Waals surface area contributed by atoms with Crippen molar-refractivity contribution in [1.82, 2.24) is 9.80 Å². The normalized spacial score (nSPS) is 15.1. The number of benzene rings is 1. The monoisotopic (exact) mass is 518 g/mol. The van der Waals surface area contributed by atoms with E-state index in [2.05, 4.69) is 0 Å². The first-order valence-electron chi connectivity index (χ1n) is 11.2. The topological polar surface area (TPSA) is 107 Å². The molecule has 0 bridgehead atoms. The van der Waals surface area contributed by atoms with Crippen molar-refractivity contribution in [3.63, 3.8) is 0 Å². The number of amides is 1. The summed E-state index contributed by atoms with van der Waals surface area (Å²) in [5.41, 5.74) is 1.29. The lowest BCUT2D eigenvalue weighted by Crippen LogP contribution is -2.46. The third-order valence-corrected chi connectivity index (χ3v) is 7.06. The van der Waals surface area contributed by atoms with Gasteiger partial charge in [-0.3, -0.25) is 19.3 Å². The van der Waals surface area contributed by atoms with Crippen molar-refractivity contribution in [2.75, 3.05) is 34.3 Å². The minimum atomic E-state index is -1.11. The predicted molar refractivity (Wildman–Crippen MR) is 133 cm³/mol. The zero-order chi connectivity index (χ0) is 26.0. The molecule has 2 atom stereocenters. The van der Waals surface area contributed by atoms with Crippen LogP contribution in [0.5, 0.6) is 5.75 Å². The predicted octanol–water partition coefficient (Wildman–Crippen LogP) is 4.54. The molecule has 2 N–H and O–H groups in total. The van der Waals surface area contributed by atoms with Gasteiger partial charge in [-0.1, -0.05) is 13.8 Å². The number of aliphatic carboxylic acids is 2. The highest BCUT2D eigenvalue weighted by molar-refractivity contribution is 8.74. The Kier molecular flexibility index (Phi) is 12.8.